The van der Waals surface area contributed by atoms with Gasteiger partial charge < -0.3 is 30.3 Å². The third-order valence-corrected chi connectivity index (χ3v) is 6.38. The van der Waals surface area contributed by atoms with E-state index in [0.29, 0.717) is 67.9 Å². The van der Waals surface area contributed by atoms with Crippen LogP contribution in [0.2, 0.25) is 0 Å². The second-order valence-electron chi connectivity index (χ2n) is 8.44. The normalized spacial score (nSPS) is 22.6. The Labute approximate surface area is 197 Å². The van der Waals surface area contributed by atoms with Gasteiger partial charge in [0.1, 0.15) is 36.4 Å². The van der Waals surface area contributed by atoms with E-state index in [0.717, 1.165) is 5.69 Å². The van der Waals surface area contributed by atoms with E-state index in [1.165, 1.54) is 6.33 Å². The molecule has 0 spiro atoms. The topological polar surface area (TPSA) is 123 Å². The van der Waals surface area contributed by atoms with Gasteiger partial charge in [-0.25, -0.2) is 9.97 Å². The molecule has 1 aromatic heterocycles. The predicted molar refractivity (Wildman–Crippen MR) is 126 cm³/mol. The average Bonchev–Trinajstić information content (AvgIpc) is 3.18. The van der Waals surface area contributed by atoms with Crippen LogP contribution < -0.4 is 20.3 Å². The summed E-state index contributed by atoms with van der Waals surface area (Å²) in [7, 11) is 1.81. The molecule has 4 aliphatic rings. The molecule has 2 amide bonds. The van der Waals surface area contributed by atoms with Crippen molar-refractivity contribution in [2.75, 3.05) is 68.5 Å². The molecule has 2 aromatic rings. The van der Waals surface area contributed by atoms with Crippen LogP contribution in [0.15, 0.2) is 36.8 Å². The number of hydrogen-bond acceptors (Lipinski definition) is 9. The second kappa shape index (κ2) is 9.27. The van der Waals surface area contributed by atoms with Crippen LogP contribution in [-0.4, -0.2) is 95.7 Å². The maximum absolute atomic E-state index is 13.2. The quantitative estimate of drug-likeness (QED) is 0.543. The number of hydrogen-bond donors (Lipinski definition) is 3. The molecule has 1 saturated heterocycles. The summed E-state index contributed by atoms with van der Waals surface area (Å²) in [4.78, 5) is 40.3. The van der Waals surface area contributed by atoms with Crippen molar-refractivity contribution in [3.05, 3.63) is 42.4 Å². The van der Waals surface area contributed by atoms with Crippen LogP contribution in [0, 0.1) is 0 Å². The highest BCUT2D eigenvalue weighted by Gasteiger charge is 2.34. The Morgan fingerprint density at radius 3 is 2.71 bits per heavy atom. The van der Waals surface area contributed by atoms with Crippen LogP contribution in [-0.2, 0) is 9.59 Å². The molecule has 11 nitrogen and oxygen atoms in total. The van der Waals surface area contributed by atoms with E-state index in [1.807, 2.05) is 36.2 Å². The van der Waals surface area contributed by atoms with Crippen molar-refractivity contribution in [2.24, 2.45) is 0 Å². The maximum Gasteiger partial charge on any atom is 0.259 e. The fourth-order valence-corrected chi connectivity index (χ4v) is 4.43. The number of rotatable bonds is 1. The first kappa shape index (κ1) is 22.1. The molecule has 1 aromatic carbocycles. The van der Waals surface area contributed by atoms with Gasteiger partial charge in [-0.2, -0.15) is 0 Å². The molecular formula is C23H27N7O4. The van der Waals surface area contributed by atoms with Crippen LogP contribution in [0.3, 0.4) is 0 Å². The van der Waals surface area contributed by atoms with Gasteiger partial charge in [0.05, 0.1) is 17.7 Å². The second-order valence-corrected chi connectivity index (χ2v) is 8.44. The number of likely N-dealkylation sites (N-methyl/N-ethyl adjacent to an activating group) is 1. The van der Waals surface area contributed by atoms with Crippen LogP contribution in [0.1, 0.15) is 5.56 Å². The number of aromatic nitrogens is 2. The zero-order valence-corrected chi connectivity index (χ0v) is 18.9. The third kappa shape index (κ3) is 4.15. The van der Waals surface area contributed by atoms with Crippen molar-refractivity contribution >= 4 is 34.7 Å². The molecule has 0 saturated carbocycles. The summed E-state index contributed by atoms with van der Waals surface area (Å²) in [6, 6.07) is 6.77. The van der Waals surface area contributed by atoms with Crippen LogP contribution in [0.5, 0.6) is 5.75 Å². The zero-order chi connectivity index (χ0) is 23.7. The zero-order valence-electron chi connectivity index (χ0n) is 18.9. The fourth-order valence-electron chi connectivity index (χ4n) is 4.43. The molecule has 34 heavy (non-hydrogen) atoms. The summed E-state index contributed by atoms with van der Waals surface area (Å²) in [5, 5.41) is 15.9. The number of benzene rings is 1. The largest absolute Gasteiger partial charge is 0.492 e. The molecule has 5 heterocycles. The Hall–Kier alpha value is -3.70. The van der Waals surface area contributed by atoms with E-state index in [2.05, 4.69) is 25.5 Å². The Bertz CT molecular complexity index is 1130. The number of fused-ring (bicyclic) bond motifs is 8. The maximum atomic E-state index is 13.2. The molecule has 4 bridgehead atoms. The smallest absolute Gasteiger partial charge is 0.259 e. The number of carbonyl (C=O) groups is 2. The lowest BCUT2D eigenvalue weighted by atomic mass is 10.1. The Kier molecular flexibility index (Phi) is 6.03. The molecule has 11 heteroatoms. The van der Waals surface area contributed by atoms with Crippen molar-refractivity contribution < 1.29 is 19.4 Å². The van der Waals surface area contributed by atoms with Gasteiger partial charge in [0.2, 0.25) is 5.91 Å². The van der Waals surface area contributed by atoms with Gasteiger partial charge in [-0.1, -0.05) is 6.07 Å². The van der Waals surface area contributed by atoms with Gasteiger partial charge in [0.15, 0.2) is 0 Å². The number of anilines is 3. The van der Waals surface area contributed by atoms with Crippen molar-refractivity contribution in [3.63, 3.8) is 0 Å². The number of ether oxygens (including phenoxy) is 1. The van der Waals surface area contributed by atoms with E-state index in [1.54, 1.807) is 11.1 Å². The first-order valence-corrected chi connectivity index (χ1v) is 11.3. The molecule has 0 aliphatic carbocycles. The van der Waals surface area contributed by atoms with Gasteiger partial charge in [0.25, 0.3) is 5.91 Å². The standard InChI is InChI=1S/C23H27N7O4/c1-28-9-10-34-16-4-2-3-15(11-16)24-12-17-19-20(27-22(17)32)25-14-26-21(19)29-5-7-30(8-6-29)23(33)18(28)13-31/h2-4,11-12,14,18,24,31H,5-10,13H2,1H3,(H,25,26,27,32)/b17-12-/t18-/m1/s1. The molecule has 0 unspecified atom stereocenters. The fraction of sp³-hybridized carbons (Fsp3) is 0.391. The van der Waals surface area contributed by atoms with Gasteiger partial charge >= 0.3 is 0 Å². The molecule has 178 valence electrons. The van der Waals surface area contributed by atoms with E-state index in [4.69, 9.17) is 4.74 Å². The molecule has 4 aliphatic heterocycles. The highest BCUT2D eigenvalue weighted by molar-refractivity contribution is 6.32. The molecule has 1 atom stereocenters. The van der Waals surface area contributed by atoms with Crippen molar-refractivity contribution in [1.82, 2.24) is 19.8 Å². The highest BCUT2D eigenvalue weighted by Crippen LogP contribution is 2.36. The number of carbonyl (C=O) groups excluding carboxylic acids is 2. The van der Waals surface area contributed by atoms with Gasteiger partial charge in [0, 0.05) is 50.7 Å². The van der Waals surface area contributed by atoms with E-state index in [9.17, 15) is 14.7 Å². The van der Waals surface area contributed by atoms with E-state index < -0.39 is 6.04 Å². The summed E-state index contributed by atoms with van der Waals surface area (Å²) in [5.41, 5.74) is 1.84. The number of nitrogens with zero attached hydrogens (tertiary/aromatic N) is 5. The minimum absolute atomic E-state index is 0.109. The lowest BCUT2D eigenvalue weighted by molar-refractivity contribution is -0.138. The molecule has 0 radical (unpaired) electrons. The highest BCUT2D eigenvalue weighted by atomic mass is 16.5. The molecule has 1 fully saturated rings. The minimum Gasteiger partial charge on any atom is -0.492 e. The van der Waals surface area contributed by atoms with Gasteiger partial charge in [-0.15, -0.1) is 0 Å². The first-order valence-electron chi connectivity index (χ1n) is 11.3. The SMILES string of the molecule is CN1CCOc2cccc(c2)N/C=C2\C(=O)Nc3ncnc(c32)N2CCN(CC2)C(=O)[C@H]1CO. The number of nitrogens with one attached hydrogen (secondary N) is 2. The minimum atomic E-state index is -0.637. The van der Waals surface area contributed by atoms with Gasteiger partial charge in [-0.3, -0.25) is 14.5 Å². The lowest BCUT2D eigenvalue weighted by Crippen LogP contribution is -2.56. The van der Waals surface area contributed by atoms with E-state index >= 15 is 0 Å². The van der Waals surface area contributed by atoms with Crippen molar-refractivity contribution in [2.45, 2.75) is 6.04 Å². The third-order valence-electron chi connectivity index (χ3n) is 6.38. The van der Waals surface area contributed by atoms with E-state index in [-0.39, 0.29) is 18.4 Å². The number of aliphatic hydroxyl groups is 1. The van der Waals surface area contributed by atoms with Gasteiger partial charge in [-0.05, 0) is 19.2 Å². The Balaban J connectivity index is 1.52. The predicted octanol–water partition coefficient (Wildman–Crippen LogP) is 0.215. The summed E-state index contributed by atoms with van der Waals surface area (Å²) in [6.07, 6.45) is 3.10. The monoisotopic (exact) mass is 465 g/mol. The average molecular weight is 466 g/mol. The number of piperazine rings is 1. The summed E-state index contributed by atoms with van der Waals surface area (Å²) >= 11 is 0. The van der Waals surface area contributed by atoms with Crippen LogP contribution in [0.4, 0.5) is 17.3 Å². The van der Waals surface area contributed by atoms with Crippen molar-refractivity contribution in [3.8, 4) is 5.75 Å². The molecule has 3 N–H and O–H groups in total. The Morgan fingerprint density at radius 2 is 1.91 bits per heavy atom. The van der Waals surface area contributed by atoms with Crippen LogP contribution in [0.25, 0.3) is 5.57 Å². The summed E-state index contributed by atoms with van der Waals surface area (Å²) in [5.74, 6) is 1.41. The first-order chi connectivity index (χ1) is 16.5. The molecule has 6 rings (SSSR count). The Morgan fingerprint density at radius 1 is 1.12 bits per heavy atom. The number of aliphatic hydroxyl groups excluding tert-OH is 1. The van der Waals surface area contributed by atoms with Crippen LogP contribution >= 0.6 is 0 Å². The lowest BCUT2D eigenvalue weighted by Gasteiger charge is -2.38. The molecular weight excluding hydrogens is 438 g/mol. The number of amides is 2. The van der Waals surface area contributed by atoms with Crippen molar-refractivity contribution in [1.29, 1.82) is 0 Å². The summed E-state index contributed by atoms with van der Waals surface area (Å²) in [6.45, 7) is 2.65. The summed E-state index contributed by atoms with van der Waals surface area (Å²) < 4.78 is 5.88.